The van der Waals surface area contributed by atoms with Crippen molar-refractivity contribution in [1.29, 1.82) is 0 Å². The van der Waals surface area contributed by atoms with Crippen LogP contribution in [0.2, 0.25) is 0 Å². The van der Waals surface area contributed by atoms with Gasteiger partial charge >= 0.3 is 0 Å². The van der Waals surface area contributed by atoms with E-state index in [0.29, 0.717) is 0 Å². The molecule has 0 bridgehead atoms. The Morgan fingerprint density at radius 3 is 2.17 bits per heavy atom. The summed E-state index contributed by atoms with van der Waals surface area (Å²) in [7, 11) is 4.06. The second-order valence-corrected chi connectivity index (χ2v) is 2.56. The molecule has 0 amide bonds. The predicted molar refractivity (Wildman–Crippen MR) is 54.6 cm³/mol. The fraction of sp³-hybridized carbons (Fsp3) is 0.500. The highest BCUT2D eigenvalue weighted by Gasteiger charge is 1.96. The first-order valence-electron chi connectivity index (χ1n) is 4.30. The van der Waals surface area contributed by atoms with Crippen molar-refractivity contribution >= 4 is 5.69 Å². The van der Waals surface area contributed by atoms with Crippen LogP contribution in [-0.4, -0.2) is 19.1 Å². The third-order valence-electron chi connectivity index (χ3n) is 1.47. The lowest BCUT2D eigenvalue weighted by Crippen LogP contribution is -2.09. The van der Waals surface area contributed by atoms with Gasteiger partial charge in [-0.1, -0.05) is 13.8 Å². The monoisotopic (exact) mass is 166 g/mol. The van der Waals surface area contributed by atoms with Crippen LogP contribution in [0.5, 0.6) is 0 Å². The Bertz CT molecular complexity index is 219. The van der Waals surface area contributed by atoms with E-state index in [4.69, 9.17) is 0 Å². The minimum Gasteiger partial charge on any atom is -0.377 e. The van der Waals surface area contributed by atoms with Crippen molar-refractivity contribution in [2.24, 2.45) is 0 Å². The topological polar surface area (TPSA) is 16.1 Å². The highest BCUT2D eigenvalue weighted by molar-refractivity contribution is 5.49. The van der Waals surface area contributed by atoms with Gasteiger partial charge in [0.15, 0.2) is 0 Å². The summed E-state index contributed by atoms with van der Waals surface area (Å²) in [5.74, 6) is 0. The standard InChI is InChI=1S/C8H12N2.C2H6/c1-7-6-9-5-4-8(7)10(2)3;1-2/h4-6H,1-3H3;1-2H3. The summed E-state index contributed by atoms with van der Waals surface area (Å²) < 4.78 is 0. The van der Waals surface area contributed by atoms with Crippen LogP contribution in [0.1, 0.15) is 19.4 Å². The molecule has 2 nitrogen and oxygen atoms in total. The fourth-order valence-corrected chi connectivity index (χ4v) is 0.968. The van der Waals surface area contributed by atoms with Gasteiger partial charge in [-0.2, -0.15) is 0 Å². The van der Waals surface area contributed by atoms with Crippen LogP contribution in [0.25, 0.3) is 0 Å². The van der Waals surface area contributed by atoms with Crippen molar-refractivity contribution in [1.82, 2.24) is 4.98 Å². The maximum absolute atomic E-state index is 4.00. The Hall–Kier alpha value is -1.05. The average Bonchev–Trinajstić information content (AvgIpc) is 2.08. The van der Waals surface area contributed by atoms with E-state index < -0.39 is 0 Å². The van der Waals surface area contributed by atoms with E-state index >= 15 is 0 Å². The molecule has 1 aromatic heterocycles. The van der Waals surface area contributed by atoms with Crippen molar-refractivity contribution in [3.8, 4) is 0 Å². The van der Waals surface area contributed by atoms with Crippen LogP contribution >= 0.6 is 0 Å². The van der Waals surface area contributed by atoms with Crippen LogP contribution in [-0.2, 0) is 0 Å². The Morgan fingerprint density at radius 1 is 1.25 bits per heavy atom. The summed E-state index contributed by atoms with van der Waals surface area (Å²) in [6, 6.07) is 2.01. The predicted octanol–water partition coefficient (Wildman–Crippen LogP) is 2.48. The van der Waals surface area contributed by atoms with Crippen LogP contribution in [0.3, 0.4) is 0 Å². The van der Waals surface area contributed by atoms with Gasteiger partial charge in [-0.25, -0.2) is 0 Å². The number of hydrogen-bond acceptors (Lipinski definition) is 2. The van der Waals surface area contributed by atoms with Crippen molar-refractivity contribution in [2.45, 2.75) is 20.8 Å². The number of aryl methyl sites for hydroxylation is 1. The van der Waals surface area contributed by atoms with E-state index in [2.05, 4.69) is 16.8 Å². The smallest absolute Gasteiger partial charge is 0.0421 e. The Morgan fingerprint density at radius 2 is 1.83 bits per heavy atom. The van der Waals surface area contributed by atoms with Crippen LogP contribution < -0.4 is 4.90 Å². The van der Waals surface area contributed by atoms with Crippen LogP contribution in [0.15, 0.2) is 18.5 Å². The SMILES string of the molecule is CC.Cc1cnccc1N(C)C. The molecular weight excluding hydrogens is 148 g/mol. The Kier molecular flexibility index (Phi) is 5.09. The highest BCUT2D eigenvalue weighted by Crippen LogP contribution is 2.13. The minimum atomic E-state index is 1.22. The number of aromatic nitrogens is 1. The molecule has 1 aromatic rings. The Balaban J connectivity index is 0.000000561. The summed E-state index contributed by atoms with van der Waals surface area (Å²) in [4.78, 5) is 6.08. The van der Waals surface area contributed by atoms with E-state index in [-0.39, 0.29) is 0 Å². The van der Waals surface area contributed by atoms with Gasteiger partial charge in [-0.05, 0) is 18.6 Å². The van der Waals surface area contributed by atoms with Gasteiger partial charge in [0.25, 0.3) is 0 Å². The molecule has 0 saturated carbocycles. The zero-order valence-corrected chi connectivity index (χ0v) is 8.63. The lowest BCUT2D eigenvalue weighted by Gasteiger charge is -2.13. The second-order valence-electron chi connectivity index (χ2n) is 2.56. The minimum absolute atomic E-state index is 1.22. The summed E-state index contributed by atoms with van der Waals surface area (Å²) in [6.07, 6.45) is 3.68. The highest BCUT2D eigenvalue weighted by atomic mass is 15.1. The largest absolute Gasteiger partial charge is 0.377 e. The molecule has 0 aliphatic rings. The summed E-state index contributed by atoms with van der Waals surface area (Å²) >= 11 is 0. The molecule has 0 unspecified atom stereocenters. The molecule has 0 saturated heterocycles. The first kappa shape index (κ1) is 11.0. The number of pyridine rings is 1. The molecule has 0 aliphatic heterocycles. The average molecular weight is 166 g/mol. The second kappa shape index (κ2) is 5.58. The maximum atomic E-state index is 4.00. The van der Waals surface area contributed by atoms with Crippen molar-refractivity contribution in [2.75, 3.05) is 19.0 Å². The quantitative estimate of drug-likeness (QED) is 0.637. The van der Waals surface area contributed by atoms with Gasteiger partial charge in [0.05, 0.1) is 0 Å². The zero-order chi connectivity index (χ0) is 9.56. The fourth-order valence-electron chi connectivity index (χ4n) is 0.968. The van der Waals surface area contributed by atoms with E-state index in [1.54, 1.807) is 0 Å². The van der Waals surface area contributed by atoms with E-state index in [1.165, 1.54) is 11.3 Å². The molecule has 1 heterocycles. The van der Waals surface area contributed by atoms with Crippen LogP contribution in [0, 0.1) is 6.92 Å². The molecule has 0 atom stereocenters. The molecule has 2 heteroatoms. The van der Waals surface area contributed by atoms with E-state index in [1.807, 2.05) is 46.4 Å². The summed E-state index contributed by atoms with van der Waals surface area (Å²) in [5.41, 5.74) is 2.45. The molecule has 0 spiro atoms. The molecule has 0 fully saturated rings. The molecule has 0 radical (unpaired) electrons. The summed E-state index contributed by atoms with van der Waals surface area (Å²) in [6.45, 7) is 6.06. The lowest BCUT2D eigenvalue weighted by atomic mass is 10.2. The maximum Gasteiger partial charge on any atom is 0.0421 e. The van der Waals surface area contributed by atoms with Crippen LogP contribution in [0.4, 0.5) is 5.69 Å². The number of hydrogen-bond donors (Lipinski definition) is 0. The third-order valence-corrected chi connectivity index (χ3v) is 1.47. The Labute approximate surface area is 75.2 Å². The van der Waals surface area contributed by atoms with E-state index in [0.717, 1.165) is 0 Å². The van der Waals surface area contributed by atoms with Crippen molar-refractivity contribution in [3.63, 3.8) is 0 Å². The number of anilines is 1. The molecule has 68 valence electrons. The first-order valence-corrected chi connectivity index (χ1v) is 4.30. The van der Waals surface area contributed by atoms with Gasteiger partial charge < -0.3 is 4.90 Å². The van der Waals surface area contributed by atoms with Gasteiger partial charge in [0, 0.05) is 32.2 Å². The molecule has 0 aliphatic carbocycles. The lowest BCUT2D eigenvalue weighted by molar-refractivity contribution is 1.10. The summed E-state index contributed by atoms with van der Waals surface area (Å²) in [5, 5.41) is 0. The molecule has 1 rings (SSSR count). The molecule has 0 N–H and O–H groups in total. The van der Waals surface area contributed by atoms with Crippen molar-refractivity contribution < 1.29 is 0 Å². The zero-order valence-electron chi connectivity index (χ0n) is 8.63. The van der Waals surface area contributed by atoms with Gasteiger partial charge in [0.2, 0.25) is 0 Å². The van der Waals surface area contributed by atoms with Crippen molar-refractivity contribution in [3.05, 3.63) is 24.0 Å². The van der Waals surface area contributed by atoms with Gasteiger partial charge in [-0.15, -0.1) is 0 Å². The molecular formula is C10H18N2. The van der Waals surface area contributed by atoms with Gasteiger partial charge in [0.1, 0.15) is 0 Å². The van der Waals surface area contributed by atoms with E-state index in [9.17, 15) is 0 Å². The third kappa shape index (κ3) is 2.91. The first-order chi connectivity index (χ1) is 5.72. The van der Waals surface area contributed by atoms with Gasteiger partial charge in [-0.3, -0.25) is 4.98 Å². The number of nitrogens with zero attached hydrogens (tertiary/aromatic N) is 2. The molecule has 12 heavy (non-hydrogen) atoms. The molecule has 0 aromatic carbocycles. The normalized spacial score (nSPS) is 8.42. The number of rotatable bonds is 1.